The van der Waals surface area contributed by atoms with Gasteiger partial charge in [0.15, 0.2) is 11.6 Å². The third-order valence-electron chi connectivity index (χ3n) is 4.52. The first-order valence-corrected chi connectivity index (χ1v) is 7.46. The summed E-state index contributed by atoms with van der Waals surface area (Å²) in [6.07, 6.45) is 5.73. The maximum Gasteiger partial charge on any atom is 0.322 e. The Balaban J connectivity index is 1.59. The van der Waals surface area contributed by atoms with Crippen molar-refractivity contribution >= 4 is 11.7 Å². The largest absolute Gasteiger partial charge is 0.322 e. The van der Waals surface area contributed by atoms with Crippen molar-refractivity contribution in [2.75, 3.05) is 5.32 Å². The summed E-state index contributed by atoms with van der Waals surface area (Å²) in [5, 5.41) is 2.65. The van der Waals surface area contributed by atoms with E-state index in [1.165, 1.54) is 12.4 Å². The highest BCUT2D eigenvalue weighted by molar-refractivity contribution is 5.90. The van der Waals surface area contributed by atoms with Gasteiger partial charge in [0.05, 0.1) is 11.7 Å². The first kappa shape index (κ1) is 14.0. The molecule has 3 heterocycles. The highest BCUT2D eigenvalue weighted by Gasteiger charge is 2.43. The van der Waals surface area contributed by atoms with Crippen LogP contribution in [0.2, 0.25) is 0 Å². The van der Waals surface area contributed by atoms with Gasteiger partial charge in [-0.25, -0.2) is 23.5 Å². The van der Waals surface area contributed by atoms with Crippen LogP contribution in [0.1, 0.15) is 30.1 Å². The fraction of sp³-hybridized carbons (Fsp3) is 0.312. The van der Waals surface area contributed by atoms with Crippen LogP contribution in [0.3, 0.4) is 0 Å². The van der Waals surface area contributed by atoms with Crippen LogP contribution in [0.4, 0.5) is 19.3 Å². The summed E-state index contributed by atoms with van der Waals surface area (Å²) in [7, 11) is 0. The molecule has 1 saturated heterocycles. The lowest BCUT2D eigenvalue weighted by atomic mass is 10.00. The second kappa shape index (κ2) is 5.26. The number of amides is 2. The molecule has 1 aromatic carbocycles. The van der Waals surface area contributed by atoms with Crippen LogP contribution in [0, 0.1) is 11.6 Å². The van der Waals surface area contributed by atoms with E-state index in [2.05, 4.69) is 15.3 Å². The lowest BCUT2D eigenvalue weighted by molar-refractivity contribution is 0.178. The van der Waals surface area contributed by atoms with Gasteiger partial charge in [-0.15, -0.1) is 0 Å². The third kappa shape index (κ3) is 2.32. The molecule has 2 aliphatic rings. The van der Waals surface area contributed by atoms with Crippen molar-refractivity contribution in [3.05, 3.63) is 53.6 Å². The van der Waals surface area contributed by atoms with Crippen LogP contribution in [-0.2, 0) is 6.42 Å². The van der Waals surface area contributed by atoms with Crippen LogP contribution >= 0.6 is 0 Å². The van der Waals surface area contributed by atoms with E-state index in [4.69, 9.17) is 0 Å². The van der Waals surface area contributed by atoms with Crippen LogP contribution in [0.5, 0.6) is 0 Å². The topological polar surface area (TPSA) is 58.1 Å². The summed E-state index contributed by atoms with van der Waals surface area (Å²) >= 11 is 0. The van der Waals surface area contributed by atoms with E-state index >= 15 is 0 Å². The quantitative estimate of drug-likeness (QED) is 0.880. The number of nitrogens with one attached hydrogen (secondary N) is 1. The van der Waals surface area contributed by atoms with Gasteiger partial charge >= 0.3 is 6.03 Å². The van der Waals surface area contributed by atoms with Crippen molar-refractivity contribution in [1.29, 1.82) is 0 Å². The van der Waals surface area contributed by atoms with Crippen molar-refractivity contribution in [1.82, 2.24) is 14.9 Å². The summed E-state index contributed by atoms with van der Waals surface area (Å²) in [6.45, 7) is 0. The second-order valence-corrected chi connectivity index (χ2v) is 5.84. The minimum atomic E-state index is -0.983. The van der Waals surface area contributed by atoms with Crippen molar-refractivity contribution < 1.29 is 13.6 Å². The van der Waals surface area contributed by atoms with E-state index in [1.807, 2.05) is 0 Å². The molecule has 0 unspecified atom stereocenters. The van der Waals surface area contributed by atoms with Crippen molar-refractivity contribution in [3.63, 3.8) is 0 Å². The predicted octanol–water partition coefficient (Wildman–Crippen LogP) is 3.05. The van der Waals surface area contributed by atoms with Crippen LogP contribution in [0.15, 0.2) is 30.7 Å². The molecule has 0 aliphatic carbocycles. The number of urea groups is 1. The molecule has 2 amide bonds. The zero-order valence-corrected chi connectivity index (χ0v) is 12.2. The Morgan fingerprint density at radius 1 is 1.26 bits per heavy atom. The summed E-state index contributed by atoms with van der Waals surface area (Å²) in [6, 6.07) is 3.04. The van der Waals surface area contributed by atoms with E-state index in [1.54, 1.807) is 11.1 Å². The van der Waals surface area contributed by atoms with Gasteiger partial charge in [-0.05, 0) is 25.0 Å². The molecular weight excluding hydrogens is 302 g/mol. The second-order valence-electron chi connectivity index (χ2n) is 5.84. The fourth-order valence-electron chi connectivity index (χ4n) is 3.50. The lowest BCUT2D eigenvalue weighted by Gasteiger charge is -2.35. The lowest BCUT2D eigenvalue weighted by Crippen LogP contribution is -2.44. The molecule has 2 aromatic rings. The Kier molecular flexibility index (Phi) is 3.21. The van der Waals surface area contributed by atoms with Gasteiger partial charge in [-0.3, -0.25) is 0 Å². The van der Waals surface area contributed by atoms with Gasteiger partial charge in [-0.1, -0.05) is 0 Å². The molecule has 2 atom stereocenters. The first-order chi connectivity index (χ1) is 11.1. The van der Waals surface area contributed by atoms with Gasteiger partial charge in [0, 0.05) is 36.0 Å². The monoisotopic (exact) mass is 316 g/mol. The molecule has 0 saturated carbocycles. The molecule has 5 nitrogen and oxygen atoms in total. The molecule has 1 aromatic heterocycles. The molecule has 23 heavy (non-hydrogen) atoms. The van der Waals surface area contributed by atoms with Crippen molar-refractivity contribution in [2.45, 2.75) is 31.3 Å². The van der Waals surface area contributed by atoms with Crippen LogP contribution < -0.4 is 5.32 Å². The van der Waals surface area contributed by atoms with Gasteiger partial charge in [-0.2, -0.15) is 0 Å². The number of rotatable bonds is 1. The summed E-state index contributed by atoms with van der Waals surface area (Å²) < 4.78 is 26.3. The first-order valence-electron chi connectivity index (χ1n) is 7.46. The third-order valence-corrected chi connectivity index (χ3v) is 4.52. The number of halogens is 2. The Morgan fingerprint density at radius 3 is 2.96 bits per heavy atom. The molecule has 7 heteroatoms. The predicted molar refractivity (Wildman–Crippen MR) is 78.7 cm³/mol. The molecule has 2 bridgehead atoms. The minimum absolute atomic E-state index is 0.0600. The van der Waals surface area contributed by atoms with Gasteiger partial charge in [0.2, 0.25) is 0 Å². The number of benzene rings is 1. The molecular formula is C16H14F2N4O. The number of hydrogen-bond donors (Lipinski definition) is 1. The van der Waals surface area contributed by atoms with Gasteiger partial charge in [0.25, 0.3) is 0 Å². The average Bonchev–Trinajstić information content (AvgIpc) is 2.86. The maximum absolute atomic E-state index is 13.3. The molecule has 0 spiro atoms. The molecule has 118 valence electrons. The summed E-state index contributed by atoms with van der Waals surface area (Å²) in [5.74, 6) is -1.92. The smallest absolute Gasteiger partial charge is 0.314 e. The van der Waals surface area contributed by atoms with Crippen LogP contribution in [0.25, 0.3) is 0 Å². The standard InChI is InChI=1S/C16H14F2N4O/c17-12-3-1-9(5-13(12)18)21-16(23)22-10-2-4-15(22)11-7-19-8-20-14(11)6-10/h1,3,5,7-8,10,15H,2,4,6H2,(H,21,23)/t10-,15+/m1/s1. The number of nitrogens with zero attached hydrogens (tertiary/aromatic N) is 3. The normalized spacial score (nSPS) is 21.9. The number of anilines is 1. The Hall–Kier alpha value is -2.57. The Bertz CT molecular complexity index is 782. The van der Waals surface area contributed by atoms with Crippen molar-refractivity contribution in [3.8, 4) is 0 Å². The van der Waals surface area contributed by atoms with E-state index in [9.17, 15) is 13.6 Å². The highest BCUT2D eigenvalue weighted by atomic mass is 19.2. The maximum atomic E-state index is 13.3. The summed E-state index contributed by atoms with van der Waals surface area (Å²) in [5.41, 5.74) is 2.20. The number of aromatic nitrogens is 2. The number of carbonyl (C=O) groups excluding carboxylic acids is 1. The fourth-order valence-corrected chi connectivity index (χ4v) is 3.50. The molecule has 2 aliphatic heterocycles. The van der Waals surface area contributed by atoms with E-state index in [0.717, 1.165) is 36.2 Å². The summed E-state index contributed by atoms with van der Waals surface area (Å²) in [4.78, 5) is 22.7. The zero-order valence-electron chi connectivity index (χ0n) is 12.2. The Morgan fingerprint density at radius 2 is 2.13 bits per heavy atom. The van der Waals surface area contributed by atoms with Gasteiger partial charge in [0.1, 0.15) is 6.33 Å². The van der Waals surface area contributed by atoms with E-state index in [0.29, 0.717) is 6.42 Å². The average molecular weight is 316 g/mol. The van der Waals surface area contributed by atoms with E-state index in [-0.39, 0.29) is 23.8 Å². The minimum Gasteiger partial charge on any atom is -0.314 e. The number of fused-ring (bicyclic) bond motifs is 4. The molecule has 1 fully saturated rings. The van der Waals surface area contributed by atoms with Gasteiger partial charge < -0.3 is 10.2 Å². The van der Waals surface area contributed by atoms with Crippen LogP contribution in [-0.4, -0.2) is 26.9 Å². The number of carbonyl (C=O) groups is 1. The molecule has 1 N–H and O–H groups in total. The number of hydrogen-bond acceptors (Lipinski definition) is 3. The highest BCUT2D eigenvalue weighted by Crippen LogP contribution is 2.42. The molecule has 4 rings (SSSR count). The SMILES string of the molecule is O=C(Nc1ccc(F)c(F)c1)N1[C@@H]2CC[C@H]1c1cncnc1C2. The Labute approximate surface area is 131 Å². The molecule has 0 radical (unpaired) electrons. The zero-order chi connectivity index (χ0) is 16.0. The van der Waals surface area contributed by atoms with Crippen molar-refractivity contribution in [2.24, 2.45) is 0 Å². The van der Waals surface area contributed by atoms with E-state index < -0.39 is 11.6 Å².